The van der Waals surface area contributed by atoms with Gasteiger partial charge in [0.25, 0.3) is 0 Å². The zero-order valence-corrected chi connectivity index (χ0v) is 10.3. The Morgan fingerprint density at radius 3 is 3.06 bits per heavy atom. The van der Waals surface area contributed by atoms with Crippen LogP contribution < -0.4 is 5.32 Å². The van der Waals surface area contributed by atoms with Gasteiger partial charge in [0.05, 0.1) is 10.7 Å². The highest BCUT2D eigenvalue weighted by molar-refractivity contribution is 6.37. The van der Waals surface area contributed by atoms with Crippen LogP contribution >= 0.6 is 11.6 Å². The summed E-state index contributed by atoms with van der Waals surface area (Å²) in [5.41, 5.74) is 1.93. The monoisotopic (exact) mass is 255 g/mol. The molecule has 0 bridgehead atoms. The standard InChI is InChI=1S/C15H10ClNO/c16-11-4-1-3-9-6-7-10-14-12(5-2-8-17-14)18-15(10)13(9)11/h1-7,17H,8H2. The third kappa shape index (κ3) is 1.24. The van der Waals surface area contributed by atoms with Crippen molar-refractivity contribution in [3.05, 3.63) is 47.2 Å². The van der Waals surface area contributed by atoms with Gasteiger partial charge in [-0.05, 0) is 23.6 Å². The number of nitrogens with one attached hydrogen (secondary N) is 1. The van der Waals surface area contributed by atoms with Crippen molar-refractivity contribution in [2.45, 2.75) is 0 Å². The maximum atomic E-state index is 6.30. The first-order valence-corrected chi connectivity index (χ1v) is 6.26. The second-order valence-electron chi connectivity index (χ2n) is 4.40. The molecule has 88 valence electrons. The molecular weight excluding hydrogens is 246 g/mol. The van der Waals surface area contributed by atoms with Gasteiger partial charge in [0.15, 0.2) is 5.76 Å². The van der Waals surface area contributed by atoms with E-state index >= 15 is 0 Å². The zero-order valence-electron chi connectivity index (χ0n) is 9.53. The van der Waals surface area contributed by atoms with Gasteiger partial charge in [0, 0.05) is 17.3 Å². The summed E-state index contributed by atoms with van der Waals surface area (Å²) in [6, 6.07) is 10.1. The number of hydrogen-bond acceptors (Lipinski definition) is 2. The van der Waals surface area contributed by atoms with E-state index in [1.807, 2.05) is 24.3 Å². The Morgan fingerprint density at radius 1 is 1.17 bits per heavy atom. The predicted octanol–water partition coefficient (Wildman–Crippen LogP) is 4.68. The molecule has 2 aromatic carbocycles. The Morgan fingerprint density at radius 2 is 2.11 bits per heavy atom. The van der Waals surface area contributed by atoms with Crippen LogP contribution in [0.5, 0.6) is 0 Å². The molecule has 0 aliphatic carbocycles. The van der Waals surface area contributed by atoms with E-state index in [1.54, 1.807) is 0 Å². The fraction of sp³-hybridized carbons (Fsp3) is 0.0667. The highest BCUT2D eigenvalue weighted by atomic mass is 35.5. The number of rotatable bonds is 0. The van der Waals surface area contributed by atoms with Crippen molar-refractivity contribution in [1.29, 1.82) is 0 Å². The van der Waals surface area contributed by atoms with Gasteiger partial charge in [-0.3, -0.25) is 0 Å². The minimum Gasteiger partial charge on any atom is -0.454 e. The van der Waals surface area contributed by atoms with Crippen molar-refractivity contribution in [3.63, 3.8) is 0 Å². The second-order valence-corrected chi connectivity index (χ2v) is 4.81. The van der Waals surface area contributed by atoms with Crippen LogP contribution in [0.1, 0.15) is 5.76 Å². The Labute approximate surface area is 109 Å². The van der Waals surface area contributed by atoms with Crippen LogP contribution in [0.4, 0.5) is 5.69 Å². The lowest BCUT2D eigenvalue weighted by Gasteiger charge is -2.06. The molecule has 0 saturated heterocycles. The summed E-state index contributed by atoms with van der Waals surface area (Å²) in [6.07, 6.45) is 4.06. The van der Waals surface area contributed by atoms with E-state index in [-0.39, 0.29) is 0 Å². The first-order chi connectivity index (χ1) is 8.84. The average Bonchev–Trinajstić information content (AvgIpc) is 2.77. The van der Waals surface area contributed by atoms with E-state index in [4.69, 9.17) is 16.0 Å². The SMILES string of the molecule is Clc1cccc2ccc3c4c(oc3c12)C=CCN4. The lowest BCUT2D eigenvalue weighted by atomic mass is 10.1. The molecule has 0 amide bonds. The largest absolute Gasteiger partial charge is 0.454 e. The topological polar surface area (TPSA) is 25.2 Å². The molecule has 2 heterocycles. The first-order valence-electron chi connectivity index (χ1n) is 5.89. The van der Waals surface area contributed by atoms with Crippen molar-refractivity contribution in [3.8, 4) is 0 Å². The molecule has 0 spiro atoms. The predicted molar refractivity (Wildman–Crippen MR) is 76.3 cm³/mol. The summed E-state index contributed by atoms with van der Waals surface area (Å²) in [4.78, 5) is 0. The van der Waals surface area contributed by atoms with E-state index in [0.29, 0.717) is 0 Å². The molecule has 2 nitrogen and oxygen atoms in total. The number of halogens is 1. The molecule has 0 saturated carbocycles. The lowest BCUT2D eigenvalue weighted by molar-refractivity contribution is 0.607. The highest BCUT2D eigenvalue weighted by Crippen LogP contribution is 2.39. The van der Waals surface area contributed by atoms with Crippen LogP contribution in [0.3, 0.4) is 0 Å². The van der Waals surface area contributed by atoms with Gasteiger partial charge in [-0.15, -0.1) is 0 Å². The van der Waals surface area contributed by atoms with Crippen molar-refractivity contribution in [1.82, 2.24) is 0 Å². The number of fused-ring (bicyclic) bond motifs is 5. The lowest BCUT2D eigenvalue weighted by Crippen LogP contribution is -2.01. The molecule has 1 aliphatic rings. The van der Waals surface area contributed by atoms with E-state index < -0.39 is 0 Å². The molecule has 1 aliphatic heterocycles. The normalized spacial score (nSPS) is 13.8. The summed E-state index contributed by atoms with van der Waals surface area (Å²) >= 11 is 6.30. The van der Waals surface area contributed by atoms with Gasteiger partial charge < -0.3 is 9.73 Å². The number of hydrogen-bond donors (Lipinski definition) is 1. The van der Waals surface area contributed by atoms with Gasteiger partial charge in [0.2, 0.25) is 0 Å². The number of benzene rings is 2. The molecule has 0 fully saturated rings. The van der Waals surface area contributed by atoms with Crippen LogP contribution in [0.15, 0.2) is 40.8 Å². The summed E-state index contributed by atoms with van der Waals surface area (Å²) < 4.78 is 5.95. The van der Waals surface area contributed by atoms with Crippen LogP contribution in [-0.4, -0.2) is 6.54 Å². The van der Waals surface area contributed by atoms with Crippen LogP contribution in [-0.2, 0) is 0 Å². The van der Waals surface area contributed by atoms with Gasteiger partial charge in [-0.25, -0.2) is 0 Å². The fourth-order valence-electron chi connectivity index (χ4n) is 2.53. The van der Waals surface area contributed by atoms with E-state index in [2.05, 4.69) is 23.5 Å². The molecule has 3 aromatic rings. The Kier molecular flexibility index (Phi) is 1.97. The van der Waals surface area contributed by atoms with Gasteiger partial charge >= 0.3 is 0 Å². The van der Waals surface area contributed by atoms with E-state index in [9.17, 15) is 0 Å². The van der Waals surface area contributed by atoms with Crippen molar-refractivity contribution in [2.24, 2.45) is 0 Å². The number of anilines is 1. The third-order valence-electron chi connectivity index (χ3n) is 3.34. The second kappa shape index (κ2) is 3.53. The molecule has 3 heteroatoms. The summed E-state index contributed by atoms with van der Waals surface area (Å²) in [5.74, 6) is 0.878. The number of furan rings is 1. The Hall–Kier alpha value is -1.93. The van der Waals surface area contributed by atoms with Crippen LogP contribution in [0, 0.1) is 0 Å². The maximum Gasteiger partial charge on any atom is 0.151 e. The Balaban J connectivity index is 2.23. The van der Waals surface area contributed by atoms with Gasteiger partial charge in [-0.2, -0.15) is 0 Å². The molecule has 0 unspecified atom stereocenters. The molecular formula is C15H10ClNO. The van der Waals surface area contributed by atoms with E-state index in [1.165, 1.54) is 0 Å². The smallest absolute Gasteiger partial charge is 0.151 e. The summed E-state index contributed by atoms with van der Waals surface area (Å²) in [6.45, 7) is 0.836. The third-order valence-corrected chi connectivity index (χ3v) is 3.66. The maximum absolute atomic E-state index is 6.30. The molecule has 4 rings (SSSR count). The average molecular weight is 256 g/mol. The van der Waals surface area contributed by atoms with Gasteiger partial charge in [0.1, 0.15) is 5.58 Å². The van der Waals surface area contributed by atoms with Crippen LogP contribution in [0.25, 0.3) is 27.8 Å². The fourth-order valence-corrected chi connectivity index (χ4v) is 2.79. The minimum atomic E-state index is 0.730. The molecule has 0 atom stereocenters. The van der Waals surface area contributed by atoms with Crippen LogP contribution in [0.2, 0.25) is 5.02 Å². The first kappa shape index (κ1) is 10.0. The molecule has 1 N–H and O–H groups in total. The quantitative estimate of drug-likeness (QED) is 0.631. The Bertz CT molecular complexity index is 801. The summed E-state index contributed by atoms with van der Waals surface area (Å²) in [7, 11) is 0. The van der Waals surface area contributed by atoms with Crippen molar-refractivity contribution in [2.75, 3.05) is 11.9 Å². The van der Waals surface area contributed by atoms with Crippen molar-refractivity contribution < 1.29 is 4.42 Å². The molecule has 0 radical (unpaired) electrons. The summed E-state index contributed by atoms with van der Waals surface area (Å²) in [5, 5.41) is 7.26. The minimum absolute atomic E-state index is 0.730. The van der Waals surface area contributed by atoms with Gasteiger partial charge in [-0.1, -0.05) is 35.9 Å². The zero-order chi connectivity index (χ0) is 12.1. The molecule has 1 aromatic heterocycles. The van der Waals surface area contributed by atoms with E-state index in [0.717, 1.165) is 44.8 Å². The molecule has 18 heavy (non-hydrogen) atoms. The van der Waals surface area contributed by atoms with Crippen molar-refractivity contribution >= 4 is 45.1 Å². The highest BCUT2D eigenvalue weighted by Gasteiger charge is 2.17.